The molecule has 0 N–H and O–H groups in total. The van der Waals surface area contributed by atoms with Crippen molar-refractivity contribution in [3.63, 3.8) is 0 Å². The fraction of sp³-hybridized carbons (Fsp3) is 0.500. The second-order valence-corrected chi connectivity index (χ2v) is 5.10. The summed E-state index contributed by atoms with van der Waals surface area (Å²) in [6.07, 6.45) is -8.03. The molecular weight excluding hydrogens is 298 g/mol. The second-order valence-electron chi connectivity index (χ2n) is 5.10. The van der Waals surface area contributed by atoms with Crippen LogP contribution < -0.4 is 0 Å². The van der Waals surface area contributed by atoms with Crippen molar-refractivity contribution in [1.82, 2.24) is 0 Å². The minimum atomic E-state index is -4.88. The second kappa shape index (κ2) is 5.35. The molecule has 0 aliphatic heterocycles. The lowest BCUT2D eigenvalue weighted by Crippen LogP contribution is -2.19. The van der Waals surface area contributed by atoms with Gasteiger partial charge >= 0.3 is 12.4 Å². The number of halogens is 6. The van der Waals surface area contributed by atoms with E-state index in [0.717, 1.165) is 0 Å². The summed E-state index contributed by atoms with van der Waals surface area (Å²) < 4.78 is 76.5. The van der Waals surface area contributed by atoms with Gasteiger partial charge in [-0.25, -0.2) is 0 Å². The average molecular weight is 310 g/mol. The maximum Gasteiger partial charge on any atom is 0.416 e. The lowest BCUT2D eigenvalue weighted by atomic mass is 9.82. The number of hydrogen-bond acceptors (Lipinski definition) is 1. The van der Waals surface area contributed by atoms with E-state index in [-0.39, 0.29) is 30.3 Å². The molecule has 0 saturated heterocycles. The highest BCUT2D eigenvalue weighted by Gasteiger charge is 2.38. The fourth-order valence-electron chi connectivity index (χ4n) is 2.52. The van der Waals surface area contributed by atoms with Crippen LogP contribution >= 0.6 is 0 Å². The number of rotatable bonds is 1. The van der Waals surface area contributed by atoms with E-state index in [4.69, 9.17) is 0 Å². The predicted octanol–water partition coefficient (Wildman–Crippen LogP) is 4.95. The van der Waals surface area contributed by atoms with E-state index in [1.807, 2.05) is 0 Å². The Kier molecular flexibility index (Phi) is 4.04. The third-order valence-electron chi connectivity index (χ3n) is 3.57. The first kappa shape index (κ1) is 15.9. The van der Waals surface area contributed by atoms with Crippen molar-refractivity contribution in [2.75, 3.05) is 0 Å². The van der Waals surface area contributed by atoms with Crippen molar-refractivity contribution in [3.05, 3.63) is 34.9 Å². The summed E-state index contributed by atoms with van der Waals surface area (Å²) >= 11 is 0. The molecule has 0 heterocycles. The SMILES string of the molecule is O=C1CCCC[C@H]1c1cc(C(F)(F)F)cc(C(F)(F)F)c1. The van der Waals surface area contributed by atoms with Crippen LogP contribution in [0.2, 0.25) is 0 Å². The maximum absolute atomic E-state index is 12.7. The van der Waals surface area contributed by atoms with E-state index in [0.29, 0.717) is 25.0 Å². The standard InChI is InChI=1S/C14H12F6O/c15-13(16,17)9-5-8(6-10(7-9)14(18,19)20)11-3-1-2-4-12(11)21/h5-7,11H,1-4H2/t11-/m0/s1. The molecule has 1 nitrogen and oxygen atoms in total. The number of carbonyl (C=O) groups excluding carboxylic acids is 1. The monoisotopic (exact) mass is 310 g/mol. The van der Waals surface area contributed by atoms with Crippen LogP contribution in [-0.4, -0.2) is 5.78 Å². The molecule has 0 bridgehead atoms. The molecule has 1 fully saturated rings. The van der Waals surface area contributed by atoms with E-state index < -0.39 is 29.4 Å². The lowest BCUT2D eigenvalue weighted by Gasteiger charge is -2.23. The Morgan fingerprint density at radius 1 is 0.857 bits per heavy atom. The minimum Gasteiger partial charge on any atom is -0.299 e. The van der Waals surface area contributed by atoms with Gasteiger partial charge in [0, 0.05) is 12.3 Å². The highest BCUT2D eigenvalue weighted by molar-refractivity contribution is 5.86. The van der Waals surface area contributed by atoms with Crippen LogP contribution in [0.3, 0.4) is 0 Å². The minimum absolute atomic E-state index is 0.0802. The van der Waals surface area contributed by atoms with Crippen LogP contribution in [0.4, 0.5) is 26.3 Å². The van der Waals surface area contributed by atoms with Crippen molar-refractivity contribution in [1.29, 1.82) is 0 Å². The fourth-order valence-corrected chi connectivity index (χ4v) is 2.52. The Bertz CT molecular complexity index is 511. The van der Waals surface area contributed by atoms with E-state index in [9.17, 15) is 31.1 Å². The van der Waals surface area contributed by atoms with E-state index in [1.54, 1.807) is 0 Å². The van der Waals surface area contributed by atoms with Gasteiger partial charge in [0.15, 0.2) is 0 Å². The van der Waals surface area contributed by atoms with Gasteiger partial charge in [-0.2, -0.15) is 26.3 Å². The third-order valence-corrected chi connectivity index (χ3v) is 3.57. The number of benzene rings is 1. The summed E-state index contributed by atoms with van der Waals surface area (Å²) in [6.45, 7) is 0. The summed E-state index contributed by atoms with van der Waals surface area (Å²) in [4.78, 5) is 11.8. The molecule has 1 aliphatic carbocycles. The zero-order valence-corrected chi connectivity index (χ0v) is 10.8. The van der Waals surface area contributed by atoms with Gasteiger partial charge in [0.25, 0.3) is 0 Å². The van der Waals surface area contributed by atoms with Crippen molar-refractivity contribution >= 4 is 5.78 Å². The van der Waals surface area contributed by atoms with Gasteiger partial charge in [-0.1, -0.05) is 6.42 Å². The third kappa shape index (κ3) is 3.57. The Balaban J connectivity index is 2.52. The van der Waals surface area contributed by atoms with Crippen molar-refractivity contribution in [3.8, 4) is 0 Å². The number of ketones is 1. The zero-order chi connectivity index (χ0) is 15.8. The molecule has 7 heteroatoms. The molecule has 2 rings (SSSR count). The van der Waals surface area contributed by atoms with Crippen molar-refractivity contribution < 1.29 is 31.1 Å². The molecule has 0 unspecified atom stereocenters. The van der Waals surface area contributed by atoms with Gasteiger partial charge in [-0.15, -0.1) is 0 Å². The van der Waals surface area contributed by atoms with Crippen LogP contribution in [0.25, 0.3) is 0 Å². The molecule has 0 aromatic heterocycles. The Labute approximate surface area is 116 Å². The molecule has 116 valence electrons. The normalized spacial score (nSPS) is 20.7. The highest BCUT2D eigenvalue weighted by Crippen LogP contribution is 2.39. The zero-order valence-electron chi connectivity index (χ0n) is 10.8. The Morgan fingerprint density at radius 2 is 1.38 bits per heavy atom. The van der Waals surface area contributed by atoms with E-state index in [1.165, 1.54) is 0 Å². The summed E-state index contributed by atoms with van der Waals surface area (Å²) in [5, 5.41) is 0. The first-order valence-corrected chi connectivity index (χ1v) is 6.41. The molecule has 1 aromatic carbocycles. The molecule has 21 heavy (non-hydrogen) atoms. The Hall–Kier alpha value is -1.53. The van der Waals surface area contributed by atoms with Gasteiger partial charge < -0.3 is 0 Å². The van der Waals surface area contributed by atoms with Crippen LogP contribution in [0.5, 0.6) is 0 Å². The van der Waals surface area contributed by atoms with Crippen molar-refractivity contribution in [2.24, 2.45) is 0 Å². The molecule has 1 aromatic rings. The first-order valence-electron chi connectivity index (χ1n) is 6.41. The summed E-state index contributed by atoms with van der Waals surface area (Å²) in [5.41, 5.74) is -2.93. The summed E-state index contributed by atoms with van der Waals surface area (Å²) in [6, 6.07) is 1.39. The van der Waals surface area contributed by atoms with E-state index in [2.05, 4.69) is 0 Å². The molecule has 0 radical (unpaired) electrons. The van der Waals surface area contributed by atoms with Gasteiger partial charge in [0.05, 0.1) is 11.1 Å². The molecule has 1 saturated carbocycles. The van der Waals surface area contributed by atoms with Crippen LogP contribution in [-0.2, 0) is 17.1 Å². The topological polar surface area (TPSA) is 17.1 Å². The van der Waals surface area contributed by atoms with Gasteiger partial charge in [0.2, 0.25) is 0 Å². The van der Waals surface area contributed by atoms with Crippen LogP contribution in [0.1, 0.15) is 48.3 Å². The van der Waals surface area contributed by atoms with E-state index >= 15 is 0 Å². The molecule has 1 aliphatic rings. The highest BCUT2D eigenvalue weighted by atomic mass is 19.4. The first-order chi connectivity index (χ1) is 9.59. The van der Waals surface area contributed by atoms with Crippen LogP contribution in [0, 0.1) is 0 Å². The van der Waals surface area contributed by atoms with Crippen LogP contribution in [0.15, 0.2) is 18.2 Å². The lowest BCUT2D eigenvalue weighted by molar-refractivity contribution is -0.143. The summed E-state index contributed by atoms with van der Waals surface area (Å²) in [5.74, 6) is -1.17. The smallest absolute Gasteiger partial charge is 0.299 e. The van der Waals surface area contributed by atoms with Gasteiger partial charge in [-0.3, -0.25) is 4.79 Å². The van der Waals surface area contributed by atoms with Gasteiger partial charge in [-0.05, 0) is 36.6 Å². The molecule has 0 spiro atoms. The Morgan fingerprint density at radius 3 is 1.81 bits per heavy atom. The number of carbonyl (C=O) groups is 1. The van der Waals surface area contributed by atoms with Gasteiger partial charge in [0.1, 0.15) is 5.78 Å². The molecular formula is C14H12F6O. The predicted molar refractivity (Wildman–Crippen MR) is 62.7 cm³/mol. The summed E-state index contributed by atoms with van der Waals surface area (Å²) in [7, 11) is 0. The largest absolute Gasteiger partial charge is 0.416 e. The average Bonchev–Trinajstić information content (AvgIpc) is 2.36. The number of Topliss-reactive ketones (excluding diaryl/α,β-unsaturated/α-hetero) is 1. The van der Waals surface area contributed by atoms with Crippen molar-refractivity contribution in [2.45, 2.75) is 44.0 Å². The quantitative estimate of drug-likeness (QED) is 0.671. The molecule has 1 atom stereocenters. The molecule has 0 amide bonds. The maximum atomic E-state index is 12.7. The number of alkyl halides is 6. The number of hydrogen-bond donors (Lipinski definition) is 0.